The van der Waals surface area contributed by atoms with E-state index in [1.807, 2.05) is 31.3 Å². The predicted octanol–water partition coefficient (Wildman–Crippen LogP) is 2.51. The third-order valence-electron chi connectivity index (χ3n) is 3.64. The van der Waals surface area contributed by atoms with Crippen molar-refractivity contribution in [2.24, 2.45) is 5.92 Å². The lowest BCUT2D eigenvalue weighted by Crippen LogP contribution is -2.29. The van der Waals surface area contributed by atoms with E-state index in [9.17, 15) is 4.79 Å². The van der Waals surface area contributed by atoms with E-state index in [4.69, 9.17) is 4.74 Å². The second kappa shape index (κ2) is 6.57. The Balaban J connectivity index is 2.07. The molecule has 0 aliphatic carbocycles. The Hall–Kier alpha value is -1.55. The number of ether oxygens (including phenoxy) is 1. The number of nitrogens with zero attached hydrogens (tertiary/aromatic N) is 1. The first-order valence-electron chi connectivity index (χ1n) is 6.91. The molecule has 1 fully saturated rings. The molecule has 0 aromatic heterocycles. The van der Waals surface area contributed by atoms with Crippen molar-refractivity contribution in [1.29, 1.82) is 0 Å². The molecule has 4 nitrogen and oxygen atoms in total. The van der Waals surface area contributed by atoms with Crippen molar-refractivity contribution < 1.29 is 9.53 Å². The molecule has 1 aromatic rings. The third-order valence-corrected chi connectivity index (χ3v) is 3.64. The average molecular weight is 262 g/mol. The molecule has 0 saturated carbocycles. The normalized spacial score (nSPS) is 16.1. The van der Waals surface area contributed by atoms with E-state index < -0.39 is 0 Å². The van der Waals surface area contributed by atoms with Crippen LogP contribution in [0.5, 0.6) is 0 Å². The number of carbonyl (C=O) groups is 1. The van der Waals surface area contributed by atoms with Gasteiger partial charge < -0.3 is 15.0 Å². The van der Waals surface area contributed by atoms with E-state index in [0.29, 0.717) is 13.2 Å². The Bertz CT molecular complexity index is 428. The van der Waals surface area contributed by atoms with Crippen LogP contribution in [-0.2, 0) is 9.53 Å². The monoisotopic (exact) mass is 262 g/mol. The minimum atomic E-state index is 0.0775. The molecule has 0 spiro atoms. The predicted molar refractivity (Wildman–Crippen MR) is 77.6 cm³/mol. The number of amides is 1. The average Bonchev–Trinajstić information content (AvgIpc) is 2.48. The fourth-order valence-electron chi connectivity index (χ4n) is 2.28. The number of anilines is 2. The summed E-state index contributed by atoms with van der Waals surface area (Å²) in [4.78, 5) is 14.4. The molecule has 0 radical (unpaired) electrons. The Kier molecular flexibility index (Phi) is 4.80. The van der Waals surface area contributed by atoms with Gasteiger partial charge in [0.1, 0.15) is 0 Å². The molecule has 0 atom stereocenters. The molecule has 1 aliphatic heterocycles. The van der Waals surface area contributed by atoms with Gasteiger partial charge in [-0.2, -0.15) is 0 Å². The number of carbonyl (C=O) groups excluding carboxylic acids is 1. The number of para-hydroxylation sites is 2. The van der Waals surface area contributed by atoms with Gasteiger partial charge in [0.25, 0.3) is 0 Å². The zero-order valence-corrected chi connectivity index (χ0v) is 11.7. The molecular weight excluding hydrogens is 240 g/mol. The summed E-state index contributed by atoms with van der Waals surface area (Å²) in [6, 6.07) is 7.93. The fourth-order valence-corrected chi connectivity index (χ4v) is 2.28. The van der Waals surface area contributed by atoms with Gasteiger partial charge in [-0.3, -0.25) is 4.79 Å². The summed E-state index contributed by atoms with van der Waals surface area (Å²) >= 11 is 0. The quantitative estimate of drug-likeness (QED) is 0.906. The molecule has 104 valence electrons. The maximum absolute atomic E-state index is 12.2. The van der Waals surface area contributed by atoms with Crippen LogP contribution in [0, 0.1) is 5.92 Å². The number of nitrogens with one attached hydrogen (secondary N) is 1. The van der Waals surface area contributed by atoms with Crippen LogP contribution in [0.1, 0.15) is 19.8 Å². The van der Waals surface area contributed by atoms with Gasteiger partial charge in [0.05, 0.1) is 11.4 Å². The highest BCUT2D eigenvalue weighted by atomic mass is 16.5. The van der Waals surface area contributed by atoms with Crippen molar-refractivity contribution >= 4 is 17.3 Å². The summed E-state index contributed by atoms with van der Waals surface area (Å²) in [7, 11) is 2.03. The fraction of sp³-hybridized carbons (Fsp3) is 0.533. The number of rotatable bonds is 4. The highest BCUT2D eigenvalue weighted by Crippen LogP contribution is 2.26. The summed E-state index contributed by atoms with van der Waals surface area (Å²) in [5.41, 5.74) is 1.95. The lowest BCUT2D eigenvalue weighted by atomic mass is 9.99. The van der Waals surface area contributed by atoms with Gasteiger partial charge in [0, 0.05) is 32.7 Å². The Labute approximate surface area is 114 Å². The maximum Gasteiger partial charge on any atom is 0.227 e. The van der Waals surface area contributed by atoms with Crippen molar-refractivity contribution in [3.05, 3.63) is 24.3 Å². The van der Waals surface area contributed by atoms with E-state index in [-0.39, 0.29) is 11.8 Å². The smallest absolute Gasteiger partial charge is 0.227 e. The molecule has 1 N–H and O–H groups in total. The van der Waals surface area contributed by atoms with Crippen molar-refractivity contribution in [1.82, 2.24) is 0 Å². The van der Waals surface area contributed by atoms with E-state index in [2.05, 4.69) is 17.1 Å². The van der Waals surface area contributed by atoms with Crippen molar-refractivity contribution in [3.63, 3.8) is 0 Å². The molecule has 1 saturated heterocycles. The number of hydrogen-bond donors (Lipinski definition) is 1. The molecule has 2 rings (SSSR count). The van der Waals surface area contributed by atoms with Crippen LogP contribution in [0.15, 0.2) is 24.3 Å². The van der Waals surface area contributed by atoms with Crippen LogP contribution in [0.4, 0.5) is 11.4 Å². The summed E-state index contributed by atoms with van der Waals surface area (Å²) in [6.45, 7) is 4.38. The highest BCUT2D eigenvalue weighted by molar-refractivity contribution is 5.95. The first-order valence-corrected chi connectivity index (χ1v) is 6.91. The Morgan fingerprint density at radius 1 is 1.37 bits per heavy atom. The van der Waals surface area contributed by atoms with Crippen LogP contribution in [0.2, 0.25) is 0 Å². The molecule has 0 unspecified atom stereocenters. The van der Waals surface area contributed by atoms with E-state index in [1.165, 1.54) is 0 Å². The zero-order chi connectivity index (χ0) is 13.7. The van der Waals surface area contributed by atoms with Gasteiger partial charge in [-0.1, -0.05) is 12.1 Å². The summed E-state index contributed by atoms with van der Waals surface area (Å²) in [5, 5.41) is 3.06. The molecule has 19 heavy (non-hydrogen) atoms. The first kappa shape index (κ1) is 13.9. The molecule has 1 aliphatic rings. The van der Waals surface area contributed by atoms with E-state index >= 15 is 0 Å². The van der Waals surface area contributed by atoms with Crippen molar-refractivity contribution in [2.75, 3.05) is 37.0 Å². The van der Waals surface area contributed by atoms with Gasteiger partial charge in [-0.05, 0) is 31.9 Å². The minimum absolute atomic E-state index is 0.0775. The third kappa shape index (κ3) is 3.47. The van der Waals surface area contributed by atoms with Crippen LogP contribution in [0.25, 0.3) is 0 Å². The lowest BCUT2D eigenvalue weighted by molar-refractivity contribution is -0.122. The molecule has 1 amide bonds. The van der Waals surface area contributed by atoms with Crippen molar-refractivity contribution in [2.45, 2.75) is 19.8 Å². The largest absolute Gasteiger partial charge is 0.381 e. The summed E-state index contributed by atoms with van der Waals surface area (Å²) in [6.07, 6.45) is 1.63. The van der Waals surface area contributed by atoms with E-state index in [1.54, 1.807) is 0 Å². The van der Waals surface area contributed by atoms with Crippen LogP contribution >= 0.6 is 0 Å². The summed E-state index contributed by atoms with van der Waals surface area (Å²) < 4.78 is 5.29. The highest BCUT2D eigenvalue weighted by Gasteiger charge is 2.22. The Morgan fingerprint density at radius 2 is 2.05 bits per heavy atom. The van der Waals surface area contributed by atoms with Gasteiger partial charge in [-0.15, -0.1) is 0 Å². The first-order chi connectivity index (χ1) is 9.22. The maximum atomic E-state index is 12.2. The van der Waals surface area contributed by atoms with Crippen LogP contribution < -0.4 is 10.2 Å². The molecule has 1 aromatic carbocycles. The van der Waals surface area contributed by atoms with Crippen molar-refractivity contribution in [3.8, 4) is 0 Å². The number of hydrogen-bond acceptors (Lipinski definition) is 3. The lowest BCUT2D eigenvalue weighted by Gasteiger charge is -2.24. The summed E-state index contributed by atoms with van der Waals surface area (Å²) in [5.74, 6) is 0.189. The zero-order valence-electron chi connectivity index (χ0n) is 11.7. The molecule has 0 bridgehead atoms. The second-order valence-corrected chi connectivity index (χ2v) is 4.91. The molecule has 4 heteroatoms. The Morgan fingerprint density at radius 3 is 2.74 bits per heavy atom. The van der Waals surface area contributed by atoms with Gasteiger partial charge >= 0.3 is 0 Å². The van der Waals surface area contributed by atoms with Crippen LogP contribution in [0.3, 0.4) is 0 Å². The second-order valence-electron chi connectivity index (χ2n) is 4.91. The van der Waals surface area contributed by atoms with Gasteiger partial charge in [0.15, 0.2) is 0 Å². The van der Waals surface area contributed by atoms with Crippen LogP contribution in [-0.4, -0.2) is 32.7 Å². The minimum Gasteiger partial charge on any atom is -0.381 e. The standard InChI is InChI=1S/C15H22N2O2/c1-3-17(2)14-7-5-4-6-13(14)16-15(18)12-8-10-19-11-9-12/h4-7,12H,3,8-11H2,1-2H3,(H,16,18). The van der Waals surface area contributed by atoms with Gasteiger partial charge in [0.2, 0.25) is 5.91 Å². The number of benzene rings is 1. The molecular formula is C15H22N2O2. The topological polar surface area (TPSA) is 41.6 Å². The van der Waals surface area contributed by atoms with Gasteiger partial charge in [-0.25, -0.2) is 0 Å². The van der Waals surface area contributed by atoms with E-state index in [0.717, 1.165) is 30.8 Å². The molecule has 1 heterocycles. The SMILES string of the molecule is CCN(C)c1ccccc1NC(=O)C1CCOCC1.